The number of furan rings is 1. The van der Waals surface area contributed by atoms with Crippen molar-refractivity contribution in [2.75, 3.05) is 9.80 Å². The second-order valence-electron chi connectivity index (χ2n) is 15.2. The molecule has 1 aliphatic heterocycles. The van der Waals surface area contributed by atoms with Crippen LogP contribution < -0.4 is 20.4 Å². The molecule has 0 spiro atoms. The number of nitrogens with zero attached hydrogens (tertiary/aromatic N) is 3. The van der Waals surface area contributed by atoms with Gasteiger partial charge in [-0.2, -0.15) is 0 Å². The third-order valence-corrected chi connectivity index (χ3v) is 12.1. The van der Waals surface area contributed by atoms with Gasteiger partial charge in [-0.1, -0.05) is 121 Å². The Kier molecular flexibility index (Phi) is 7.32. The van der Waals surface area contributed by atoms with Crippen molar-refractivity contribution in [3.63, 3.8) is 0 Å². The molecule has 8 aromatic carbocycles. The fourth-order valence-corrected chi connectivity index (χ4v) is 9.54. The molecule has 1 aliphatic carbocycles. The maximum Gasteiger partial charge on any atom is 0.145 e. The van der Waals surface area contributed by atoms with Gasteiger partial charge in [0, 0.05) is 61.3 Å². The summed E-state index contributed by atoms with van der Waals surface area (Å²) in [7, 11) is 0. The SMILES string of the molecule is C1=c2c(oc3c2ccc2c3c3ccccc3n2-c2ccc(N(c3ccccc3)c3ccc(-c4ccccc4)cc3)cc2)=C2c3ccccc3N(c3ccccc3)C2C1. The quantitative estimate of drug-likeness (QED) is 0.170. The molecule has 1 atom stereocenters. The Morgan fingerprint density at radius 2 is 1.10 bits per heavy atom. The van der Waals surface area contributed by atoms with E-state index in [0.29, 0.717) is 0 Å². The van der Waals surface area contributed by atoms with Crippen LogP contribution in [-0.4, -0.2) is 10.6 Å². The van der Waals surface area contributed by atoms with Crippen LogP contribution in [-0.2, 0) is 0 Å². The van der Waals surface area contributed by atoms with Gasteiger partial charge >= 0.3 is 0 Å². The molecule has 4 nitrogen and oxygen atoms in total. The lowest BCUT2D eigenvalue weighted by atomic mass is 9.95. The van der Waals surface area contributed by atoms with E-state index in [1.165, 1.54) is 49.6 Å². The number of anilines is 5. The van der Waals surface area contributed by atoms with Crippen LogP contribution in [0.3, 0.4) is 0 Å². The second-order valence-corrected chi connectivity index (χ2v) is 15.2. The van der Waals surface area contributed by atoms with Crippen LogP contribution in [0, 0.1) is 0 Å². The number of rotatable bonds is 6. The van der Waals surface area contributed by atoms with Gasteiger partial charge < -0.3 is 18.8 Å². The molecule has 0 radical (unpaired) electrons. The fraction of sp³-hybridized carbons (Fsp3) is 0.0370. The van der Waals surface area contributed by atoms with Gasteiger partial charge in [0.25, 0.3) is 0 Å². The number of hydrogen-bond acceptors (Lipinski definition) is 3. The zero-order valence-electron chi connectivity index (χ0n) is 31.7. The van der Waals surface area contributed by atoms with Crippen molar-refractivity contribution in [2.45, 2.75) is 12.5 Å². The van der Waals surface area contributed by atoms with Gasteiger partial charge in [0.05, 0.1) is 22.5 Å². The molecule has 1 unspecified atom stereocenters. The smallest absolute Gasteiger partial charge is 0.145 e. The molecule has 58 heavy (non-hydrogen) atoms. The van der Waals surface area contributed by atoms with Crippen LogP contribution in [0.15, 0.2) is 205 Å². The highest BCUT2D eigenvalue weighted by Gasteiger charge is 2.37. The van der Waals surface area contributed by atoms with Crippen LogP contribution in [0.4, 0.5) is 28.4 Å². The molecule has 12 rings (SSSR count). The first-order valence-corrected chi connectivity index (χ1v) is 20.0. The summed E-state index contributed by atoms with van der Waals surface area (Å²) in [5.41, 5.74) is 16.0. The fourth-order valence-electron chi connectivity index (χ4n) is 9.54. The lowest BCUT2D eigenvalue weighted by Crippen LogP contribution is -2.36. The summed E-state index contributed by atoms with van der Waals surface area (Å²) in [6.07, 6.45) is 3.30. The zero-order valence-corrected chi connectivity index (χ0v) is 31.7. The summed E-state index contributed by atoms with van der Waals surface area (Å²) in [5, 5.41) is 4.70. The van der Waals surface area contributed by atoms with Crippen molar-refractivity contribution >= 4 is 72.9 Å². The Bertz CT molecular complexity index is 3290. The van der Waals surface area contributed by atoms with Crippen LogP contribution >= 0.6 is 0 Å². The van der Waals surface area contributed by atoms with E-state index in [0.717, 1.165) is 56.6 Å². The first-order chi connectivity index (χ1) is 28.8. The summed E-state index contributed by atoms with van der Waals surface area (Å²) in [5.74, 6) is 0. The van der Waals surface area contributed by atoms with Crippen molar-refractivity contribution in [1.29, 1.82) is 0 Å². The highest BCUT2D eigenvalue weighted by Crippen LogP contribution is 2.46. The first kappa shape index (κ1) is 32.7. The summed E-state index contributed by atoms with van der Waals surface area (Å²) in [4.78, 5) is 4.81. The summed E-state index contributed by atoms with van der Waals surface area (Å²) in [6.45, 7) is 0. The minimum atomic E-state index is 0.167. The average Bonchev–Trinajstić information content (AvgIpc) is 3.96. The molecular weight excluding hydrogens is 707 g/mol. The van der Waals surface area contributed by atoms with Crippen LogP contribution in [0.2, 0.25) is 0 Å². The normalized spacial score (nSPS) is 14.4. The van der Waals surface area contributed by atoms with Gasteiger partial charge in [-0.25, -0.2) is 0 Å². The number of hydrogen-bond donors (Lipinski definition) is 0. The van der Waals surface area contributed by atoms with Gasteiger partial charge in [-0.05, 0) is 102 Å². The van der Waals surface area contributed by atoms with Crippen molar-refractivity contribution in [1.82, 2.24) is 4.57 Å². The molecular formula is C54H37N3O. The van der Waals surface area contributed by atoms with Crippen molar-refractivity contribution in [3.8, 4) is 16.8 Å². The highest BCUT2D eigenvalue weighted by atomic mass is 16.3. The minimum Gasteiger partial charge on any atom is -0.455 e. The molecule has 2 aliphatic rings. The van der Waals surface area contributed by atoms with Crippen molar-refractivity contribution in [3.05, 3.63) is 216 Å². The number of aromatic nitrogens is 1. The molecule has 4 heteroatoms. The van der Waals surface area contributed by atoms with E-state index in [2.05, 4.69) is 221 Å². The summed E-state index contributed by atoms with van der Waals surface area (Å²) >= 11 is 0. The van der Waals surface area contributed by atoms with Gasteiger partial charge in [0.1, 0.15) is 11.0 Å². The van der Waals surface area contributed by atoms with E-state index in [1.54, 1.807) is 0 Å². The largest absolute Gasteiger partial charge is 0.455 e. The van der Waals surface area contributed by atoms with Crippen molar-refractivity contribution < 1.29 is 4.42 Å². The molecule has 0 amide bonds. The molecule has 0 saturated carbocycles. The standard InChI is InChI=1S/C54H37N3O/c1-4-14-36(15-5-1)37-24-26-40(27-25-37)55(38-16-6-2-7-17-38)41-28-30-42(31-29-41)57-48-23-13-11-21-46(48)52-50(57)35-33-44-43-32-34-49-51(53(43)58-54(44)52)45-20-10-12-22-47(45)56(49)39-18-8-3-9-19-39/h1-33,35,49H,34H2. The third kappa shape index (κ3) is 4.95. The molecule has 2 aromatic heterocycles. The third-order valence-electron chi connectivity index (χ3n) is 12.1. The molecule has 3 heterocycles. The predicted molar refractivity (Wildman–Crippen MR) is 240 cm³/mol. The molecule has 10 aromatic rings. The molecule has 0 N–H and O–H groups in total. The van der Waals surface area contributed by atoms with Gasteiger partial charge in [-0.15, -0.1) is 0 Å². The van der Waals surface area contributed by atoms with Crippen LogP contribution in [0.1, 0.15) is 12.0 Å². The summed E-state index contributed by atoms with van der Waals surface area (Å²) < 4.78 is 9.57. The Morgan fingerprint density at radius 1 is 0.483 bits per heavy atom. The van der Waals surface area contributed by atoms with Crippen molar-refractivity contribution in [2.24, 2.45) is 0 Å². The van der Waals surface area contributed by atoms with E-state index < -0.39 is 0 Å². The monoisotopic (exact) mass is 743 g/mol. The summed E-state index contributed by atoms with van der Waals surface area (Å²) in [6, 6.07) is 72.0. The maximum atomic E-state index is 7.19. The van der Waals surface area contributed by atoms with E-state index in [4.69, 9.17) is 4.42 Å². The number of para-hydroxylation sites is 4. The Balaban J connectivity index is 1.00. The van der Waals surface area contributed by atoms with Gasteiger partial charge in [0.15, 0.2) is 0 Å². The van der Waals surface area contributed by atoms with Crippen LogP contribution in [0.5, 0.6) is 0 Å². The average molecular weight is 744 g/mol. The maximum absolute atomic E-state index is 7.19. The van der Waals surface area contributed by atoms with E-state index in [-0.39, 0.29) is 6.04 Å². The van der Waals surface area contributed by atoms with E-state index in [1.807, 2.05) is 0 Å². The number of benzene rings is 8. The molecule has 0 bridgehead atoms. The molecule has 0 saturated heterocycles. The lowest BCUT2D eigenvalue weighted by Gasteiger charge is -2.28. The Hall–Kier alpha value is -7.56. The van der Waals surface area contributed by atoms with Gasteiger partial charge in [-0.3, -0.25) is 0 Å². The van der Waals surface area contributed by atoms with Crippen LogP contribution in [0.25, 0.3) is 61.2 Å². The minimum absolute atomic E-state index is 0.167. The molecule has 274 valence electrons. The van der Waals surface area contributed by atoms with Gasteiger partial charge in [0.2, 0.25) is 0 Å². The molecule has 0 fully saturated rings. The Morgan fingerprint density at radius 3 is 1.88 bits per heavy atom. The zero-order chi connectivity index (χ0) is 38.2. The Labute approximate surface area is 336 Å². The number of fused-ring (bicyclic) bond motifs is 10. The van der Waals surface area contributed by atoms with E-state index in [9.17, 15) is 0 Å². The van der Waals surface area contributed by atoms with E-state index >= 15 is 0 Å². The predicted octanol–water partition coefficient (Wildman–Crippen LogP) is 12.6. The first-order valence-electron chi connectivity index (χ1n) is 20.0. The highest BCUT2D eigenvalue weighted by molar-refractivity contribution is 6.20. The second kappa shape index (κ2) is 13.0. The lowest BCUT2D eigenvalue weighted by molar-refractivity contribution is 0.568. The topological polar surface area (TPSA) is 24.6 Å².